The van der Waals surface area contributed by atoms with Gasteiger partial charge in [-0.25, -0.2) is 9.59 Å². The van der Waals surface area contributed by atoms with Crippen molar-refractivity contribution in [2.75, 3.05) is 0 Å². The summed E-state index contributed by atoms with van der Waals surface area (Å²) >= 11 is 0. The first-order chi connectivity index (χ1) is 13.6. The van der Waals surface area contributed by atoms with Gasteiger partial charge in [0.15, 0.2) is 0 Å². The maximum Gasteiger partial charge on any atom is 0.326 e. The molecular weight excluding hydrogens is 382 g/mol. The molecule has 29 heavy (non-hydrogen) atoms. The van der Waals surface area contributed by atoms with Gasteiger partial charge in [0.25, 0.3) is 0 Å². The van der Waals surface area contributed by atoms with Crippen molar-refractivity contribution in [3.63, 3.8) is 0 Å². The van der Waals surface area contributed by atoms with Crippen LogP contribution < -0.4 is 16.8 Å². The lowest BCUT2D eigenvalue weighted by Gasteiger charge is -2.23. The Hall–Kier alpha value is -2.49. The van der Waals surface area contributed by atoms with Gasteiger partial charge in [-0.1, -0.05) is 12.8 Å². The second-order valence-electron chi connectivity index (χ2n) is 7.63. The topological polar surface area (TPSA) is 190 Å². The van der Waals surface area contributed by atoms with Gasteiger partial charge in [-0.2, -0.15) is 0 Å². The fraction of sp³-hybridized carbons (Fsp3) is 0.737. The summed E-state index contributed by atoms with van der Waals surface area (Å²) in [5.74, 6) is -2.27. The smallest absolute Gasteiger partial charge is 0.326 e. The first-order valence-corrected chi connectivity index (χ1v) is 9.94. The van der Waals surface area contributed by atoms with Gasteiger partial charge in [0.1, 0.15) is 23.7 Å². The molecule has 0 saturated heterocycles. The van der Waals surface area contributed by atoms with Crippen LogP contribution in [0.2, 0.25) is 0 Å². The highest BCUT2D eigenvalue weighted by atomic mass is 16.4. The highest BCUT2D eigenvalue weighted by Crippen LogP contribution is 2.25. The Morgan fingerprint density at radius 1 is 0.897 bits per heavy atom. The summed E-state index contributed by atoms with van der Waals surface area (Å²) < 4.78 is 0. The van der Waals surface area contributed by atoms with Gasteiger partial charge in [0.05, 0.1) is 0 Å². The standard InChI is InChI=1S/C10H16N2O4.C9H15NO3/c11-10(16)12-7(9(14)15)5-6-3-1-2-4-8(6)13;10-7(9(12)13)5-6-3-1-2-4-8(6)11/h6-7H,1-5H2,(H,14,15)(H3,11,12,16);6-7H,1-5,10H2,(H,12,13)/t;6?,7-/m.0/s1. The number of hydrogen-bond acceptors (Lipinski definition) is 6. The largest absolute Gasteiger partial charge is 0.480 e. The molecule has 2 fully saturated rings. The number of Topliss-reactive ketones (excluding diaryl/α,β-unsaturated/α-hetero) is 2. The van der Waals surface area contributed by atoms with Crippen molar-refractivity contribution in [3.8, 4) is 0 Å². The molecule has 0 aliphatic heterocycles. The number of carboxylic acids is 2. The third-order valence-electron chi connectivity index (χ3n) is 5.35. The molecule has 10 nitrogen and oxygen atoms in total. The number of hydrogen-bond donors (Lipinski definition) is 5. The Morgan fingerprint density at radius 2 is 1.38 bits per heavy atom. The Balaban J connectivity index is 0.000000296. The lowest BCUT2D eigenvalue weighted by atomic mass is 9.83. The maximum absolute atomic E-state index is 11.5. The fourth-order valence-corrected chi connectivity index (χ4v) is 3.69. The summed E-state index contributed by atoms with van der Waals surface area (Å²) in [6, 6.07) is -2.83. The number of carbonyl (C=O) groups is 5. The molecule has 0 aromatic carbocycles. The van der Waals surface area contributed by atoms with Crippen LogP contribution in [0, 0.1) is 11.8 Å². The second kappa shape index (κ2) is 12.2. The molecule has 0 heterocycles. The minimum Gasteiger partial charge on any atom is -0.480 e. The van der Waals surface area contributed by atoms with Crippen LogP contribution in [0.15, 0.2) is 0 Å². The molecule has 2 rings (SSSR count). The second-order valence-corrected chi connectivity index (χ2v) is 7.63. The van der Waals surface area contributed by atoms with Crippen LogP contribution in [0.25, 0.3) is 0 Å². The number of urea groups is 1. The van der Waals surface area contributed by atoms with Gasteiger partial charge in [-0.05, 0) is 38.5 Å². The average Bonchev–Trinajstić information content (AvgIpc) is 2.64. The third-order valence-corrected chi connectivity index (χ3v) is 5.35. The number of carbonyl (C=O) groups excluding carboxylic acids is 3. The van der Waals surface area contributed by atoms with E-state index in [1.807, 2.05) is 0 Å². The van der Waals surface area contributed by atoms with E-state index in [4.69, 9.17) is 21.7 Å². The molecule has 0 spiro atoms. The van der Waals surface area contributed by atoms with E-state index in [0.717, 1.165) is 32.1 Å². The Labute approximate surface area is 169 Å². The number of amides is 2. The van der Waals surface area contributed by atoms with E-state index in [-0.39, 0.29) is 29.8 Å². The van der Waals surface area contributed by atoms with Crippen LogP contribution in [0.4, 0.5) is 4.79 Å². The van der Waals surface area contributed by atoms with Gasteiger partial charge in [-0.3, -0.25) is 14.4 Å². The van der Waals surface area contributed by atoms with Crippen molar-refractivity contribution < 1.29 is 34.2 Å². The van der Waals surface area contributed by atoms with E-state index in [9.17, 15) is 24.0 Å². The highest BCUT2D eigenvalue weighted by Gasteiger charge is 2.29. The quantitative estimate of drug-likeness (QED) is 0.405. The molecule has 0 bridgehead atoms. The zero-order chi connectivity index (χ0) is 22.0. The highest BCUT2D eigenvalue weighted by molar-refractivity contribution is 5.85. The third kappa shape index (κ3) is 9.03. The zero-order valence-electron chi connectivity index (χ0n) is 16.5. The Bertz CT molecular complexity index is 623. The normalized spacial score (nSPS) is 23.9. The average molecular weight is 413 g/mol. The number of aliphatic carboxylic acids is 2. The molecule has 164 valence electrons. The molecule has 3 unspecified atom stereocenters. The minimum atomic E-state index is -1.16. The predicted octanol–water partition coefficient (Wildman–Crippen LogP) is 0.805. The van der Waals surface area contributed by atoms with E-state index in [2.05, 4.69) is 5.32 Å². The molecule has 7 N–H and O–H groups in total. The van der Waals surface area contributed by atoms with Gasteiger partial charge in [0.2, 0.25) is 0 Å². The lowest BCUT2D eigenvalue weighted by Crippen LogP contribution is -2.45. The molecule has 4 atom stereocenters. The molecule has 2 aliphatic carbocycles. The summed E-state index contributed by atoms with van der Waals surface area (Å²) in [5, 5.41) is 19.6. The van der Waals surface area contributed by atoms with Crippen LogP contribution in [0.1, 0.15) is 64.2 Å². The van der Waals surface area contributed by atoms with Crippen LogP contribution in [0.3, 0.4) is 0 Å². The number of carboxylic acid groups (broad SMARTS) is 2. The molecule has 0 aromatic heterocycles. The SMILES string of the molecule is NC(=O)NC(CC1CCCCC1=O)C(=O)O.N[C@@H](CC1CCCCC1=O)C(=O)O. The zero-order valence-corrected chi connectivity index (χ0v) is 16.5. The van der Waals surface area contributed by atoms with Crippen molar-refractivity contribution in [2.45, 2.75) is 76.3 Å². The number of nitrogens with one attached hydrogen (secondary N) is 1. The van der Waals surface area contributed by atoms with Crippen LogP contribution in [-0.4, -0.2) is 51.8 Å². The monoisotopic (exact) mass is 413 g/mol. The van der Waals surface area contributed by atoms with Crippen LogP contribution >= 0.6 is 0 Å². The lowest BCUT2D eigenvalue weighted by molar-refractivity contribution is -0.141. The molecule has 2 amide bonds. The van der Waals surface area contributed by atoms with Crippen molar-refractivity contribution in [3.05, 3.63) is 0 Å². The summed E-state index contributed by atoms with van der Waals surface area (Å²) in [4.78, 5) is 54.7. The number of rotatable bonds is 7. The number of nitrogens with two attached hydrogens (primary N) is 2. The molecule has 0 radical (unpaired) electrons. The first-order valence-electron chi connectivity index (χ1n) is 9.94. The van der Waals surface area contributed by atoms with E-state index >= 15 is 0 Å². The van der Waals surface area contributed by atoms with Gasteiger partial charge < -0.3 is 27.0 Å². The fourth-order valence-electron chi connectivity index (χ4n) is 3.69. The van der Waals surface area contributed by atoms with E-state index in [0.29, 0.717) is 25.7 Å². The van der Waals surface area contributed by atoms with Crippen LogP contribution in [-0.2, 0) is 19.2 Å². The van der Waals surface area contributed by atoms with Gasteiger partial charge in [-0.15, -0.1) is 0 Å². The Kier molecular flexibility index (Phi) is 10.3. The van der Waals surface area contributed by atoms with Gasteiger partial charge >= 0.3 is 18.0 Å². The molecular formula is C19H31N3O7. The molecule has 0 aromatic rings. The van der Waals surface area contributed by atoms with Crippen LogP contribution in [0.5, 0.6) is 0 Å². The minimum absolute atomic E-state index is 0.0868. The first kappa shape index (κ1) is 24.5. The predicted molar refractivity (Wildman–Crippen MR) is 103 cm³/mol. The number of primary amides is 1. The molecule has 10 heteroatoms. The number of ketones is 2. The van der Waals surface area contributed by atoms with E-state index in [1.165, 1.54) is 0 Å². The van der Waals surface area contributed by atoms with E-state index < -0.39 is 30.1 Å². The van der Waals surface area contributed by atoms with Gasteiger partial charge in [0, 0.05) is 24.7 Å². The van der Waals surface area contributed by atoms with Crippen molar-refractivity contribution in [1.29, 1.82) is 0 Å². The van der Waals surface area contributed by atoms with Crippen molar-refractivity contribution in [2.24, 2.45) is 23.3 Å². The van der Waals surface area contributed by atoms with Crippen molar-refractivity contribution >= 4 is 29.5 Å². The van der Waals surface area contributed by atoms with Crippen molar-refractivity contribution in [1.82, 2.24) is 5.32 Å². The maximum atomic E-state index is 11.5. The van der Waals surface area contributed by atoms with E-state index in [1.54, 1.807) is 0 Å². The summed E-state index contributed by atoms with van der Waals surface area (Å²) in [7, 11) is 0. The Morgan fingerprint density at radius 3 is 1.76 bits per heavy atom. The summed E-state index contributed by atoms with van der Waals surface area (Å²) in [5.41, 5.74) is 10.2. The summed E-state index contributed by atoms with van der Waals surface area (Å²) in [6.45, 7) is 0. The molecule has 2 saturated carbocycles. The summed E-state index contributed by atoms with van der Waals surface area (Å²) in [6.07, 6.45) is 6.80. The molecule has 2 aliphatic rings.